The molecule has 16 heteroatoms. The number of hydrogen-bond donors (Lipinski definition) is 4. The highest BCUT2D eigenvalue weighted by molar-refractivity contribution is 7.92. The van der Waals surface area contributed by atoms with Gasteiger partial charge in [0.15, 0.2) is 0 Å². The van der Waals surface area contributed by atoms with Crippen LogP contribution in [0.3, 0.4) is 0 Å². The first-order chi connectivity index (χ1) is 25.4. The van der Waals surface area contributed by atoms with Crippen molar-refractivity contribution in [3.63, 3.8) is 0 Å². The van der Waals surface area contributed by atoms with E-state index >= 15 is 0 Å². The lowest BCUT2D eigenvalue weighted by Crippen LogP contribution is -2.54. The molecule has 272 valence electrons. The van der Waals surface area contributed by atoms with Crippen molar-refractivity contribution in [1.82, 2.24) is 15.5 Å². The van der Waals surface area contributed by atoms with Gasteiger partial charge in [-0.3, -0.25) is 43.7 Å². The molecule has 4 N–H and O–H groups in total. The fourth-order valence-electron chi connectivity index (χ4n) is 6.95. The molecule has 7 rings (SSSR count). The number of aryl methyl sites for hydroxylation is 1. The van der Waals surface area contributed by atoms with E-state index in [2.05, 4.69) is 20.7 Å². The van der Waals surface area contributed by atoms with Gasteiger partial charge >= 0.3 is 0 Å². The summed E-state index contributed by atoms with van der Waals surface area (Å²) >= 11 is 0. The topological polar surface area (TPSA) is 200 Å². The average Bonchev–Trinajstić information content (AvgIpc) is 3.54. The number of para-hydroxylation sites is 1. The molecular weight excluding hydrogens is 705 g/mol. The van der Waals surface area contributed by atoms with Crippen molar-refractivity contribution in [2.45, 2.75) is 36.6 Å². The lowest BCUT2D eigenvalue weighted by Gasteiger charge is -2.27. The Morgan fingerprint density at radius 2 is 1.70 bits per heavy atom. The summed E-state index contributed by atoms with van der Waals surface area (Å²) in [6.45, 7) is 0.382. The SMILES string of the molecule is COc1ccccc1S(=O)(=O)Nc1ccc2c3c(cc(CCC(=O)NCCNc4cccc5c4C(=O)N(C4CCC(=O)NC4=O)C5=O)cc13)C(=O)N2C. The van der Waals surface area contributed by atoms with Crippen LogP contribution in [0.5, 0.6) is 5.75 Å². The fourth-order valence-corrected chi connectivity index (χ4v) is 8.20. The molecule has 0 aromatic heterocycles. The largest absolute Gasteiger partial charge is 0.495 e. The Labute approximate surface area is 303 Å². The summed E-state index contributed by atoms with van der Waals surface area (Å²) in [5.74, 6) is -2.77. The number of nitrogens with zero attached hydrogens (tertiary/aromatic N) is 2. The average molecular weight is 739 g/mol. The van der Waals surface area contributed by atoms with Crippen LogP contribution < -0.4 is 30.3 Å². The van der Waals surface area contributed by atoms with Gasteiger partial charge in [0.2, 0.25) is 17.7 Å². The highest BCUT2D eigenvalue weighted by Crippen LogP contribution is 2.42. The van der Waals surface area contributed by atoms with Crippen LogP contribution >= 0.6 is 0 Å². The number of fused-ring (bicyclic) bond motifs is 1. The number of sulfonamides is 1. The molecule has 1 unspecified atom stereocenters. The number of benzene rings is 4. The number of ether oxygens (including phenoxy) is 1. The van der Waals surface area contributed by atoms with Crippen molar-refractivity contribution in [3.05, 3.63) is 89.0 Å². The number of imide groups is 2. The van der Waals surface area contributed by atoms with E-state index in [9.17, 15) is 37.2 Å². The van der Waals surface area contributed by atoms with Gasteiger partial charge in [-0.15, -0.1) is 0 Å². The Kier molecular flexibility index (Phi) is 9.07. The molecule has 3 aliphatic heterocycles. The van der Waals surface area contributed by atoms with Crippen molar-refractivity contribution in [1.29, 1.82) is 0 Å². The molecule has 4 aromatic rings. The van der Waals surface area contributed by atoms with Crippen LogP contribution in [0.4, 0.5) is 17.1 Å². The molecule has 1 saturated heterocycles. The molecule has 0 aliphatic carbocycles. The number of anilines is 3. The Bertz CT molecular complexity index is 2380. The number of carbonyl (C=O) groups excluding carboxylic acids is 6. The van der Waals surface area contributed by atoms with Crippen LogP contribution in [-0.4, -0.2) is 82.0 Å². The molecule has 6 amide bonds. The third kappa shape index (κ3) is 6.30. The van der Waals surface area contributed by atoms with Crippen LogP contribution in [0.1, 0.15) is 55.9 Å². The van der Waals surface area contributed by atoms with Crippen LogP contribution in [0.25, 0.3) is 10.8 Å². The quantitative estimate of drug-likeness (QED) is 0.124. The van der Waals surface area contributed by atoms with E-state index in [1.165, 1.54) is 24.1 Å². The fraction of sp³-hybridized carbons (Fsp3) is 0.243. The van der Waals surface area contributed by atoms with Gasteiger partial charge in [-0.25, -0.2) is 8.42 Å². The van der Waals surface area contributed by atoms with Crippen molar-refractivity contribution in [2.24, 2.45) is 0 Å². The third-order valence-electron chi connectivity index (χ3n) is 9.52. The van der Waals surface area contributed by atoms with E-state index < -0.39 is 39.7 Å². The summed E-state index contributed by atoms with van der Waals surface area (Å²) in [5, 5.41) is 9.19. The Hall–Kier alpha value is -6.29. The molecule has 0 radical (unpaired) electrons. The molecule has 1 fully saturated rings. The maximum atomic E-state index is 13.5. The summed E-state index contributed by atoms with van der Waals surface area (Å²) in [6, 6.07) is 16.7. The van der Waals surface area contributed by atoms with Crippen molar-refractivity contribution in [3.8, 4) is 5.75 Å². The summed E-state index contributed by atoms with van der Waals surface area (Å²) in [7, 11) is -1.06. The minimum atomic E-state index is -4.08. The van der Waals surface area contributed by atoms with E-state index in [1.807, 2.05) is 0 Å². The number of amides is 6. The van der Waals surface area contributed by atoms with E-state index in [4.69, 9.17) is 4.74 Å². The molecule has 1 atom stereocenters. The maximum Gasteiger partial charge on any atom is 0.265 e. The summed E-state index contributed by atoms with van der Waals surface area (Å²) in [6.07, 6.45) is 0.372. The minimum absolute atomic E-state index is 0.0143. The second-order valence-corrected chi connectivity index (χ2v) is 14.4. The van der Waals surface area contributed by atoms with E-state index in [0.29, 0.717) is 33.3 Å². The van der Waals surface area contributed by atoms with Gasteiger partial charge in [0.05, 0.1) is 35.2 Å². The molecule has 0 saturated carbocycles. The van der Waals surface area contributed by atoms with Gasteiger partial charge in [-0.1, -0.05) is 18.2 Å². The van der Waals surface area contributed by atoms with Gasteiger partial charge in [0, 0.05) is 49.4 Å². The molecule has 53 heavy (non-hydrogen) atoms. The maximum absolute atomic E-state index is 13.5. The zero-order valence-electron chi connectivity index (χ0n) is 28.6. The number of nitrogens with one attached hydrogen (secondary N) is 4. The monoisotopic (exact) mass is 738 g/mol. The Balaban J connectivity index is 1.01. The standard InChI is InChI=1S/C37H34N6O9S/c1-42-26-12-11-24(41-53(50,51)29-9-4-3-8-28(29)52-2)22-18-20(19-23(32(22)26)35(42)47)10-14-30(44)39-17-16-38-25-7-5-6-21-33(25)37(49)43(36(21)48)27-13-15-31(45)40-34(27)46/h3-9,11-12,18-19,27,38,41H,10,13-17H2,1-2H3,(H,39,44)(H,40,45,46). The van der Waals surface area contributed by atoms with Crippen molar-refractivity contribution in [2.75, 3.05) is 42.2 Å². The predicted octanol–water partition coefficient (Wildman–Crippen LogP) is 2.80. The smallest absolute Gasteiger partial charge is 0.265 e. The highest BCUT2D eigenvalue weighted by atomic mass is 32.2. The van der Waals surface area contributed by atoms with Crippen molar-refractivity contribution >= 4 is 73.3 Å². The van der Waals surface area contributed by atoms with Gasteiger partial charge in [0.1, 0.15) is 16.7 Å². The molecule has 3 aliphatic rings. The van der Waals surface area contributed by atoms with Crippen LogP contribution in [0.2, 0.25) is 0 Å². The molecule has 0 spiro atoms. The number of hydrogen-bond acceptors (Lipinski definition) is 10. The number of methoxy groups -OCH3 is 1. The second kappa shape index (κ2) is 13.7. The summed E-state index contributed by atoms with van der Waals surface area (Å²) < 4.78 is 34.8. The van der Waals surface area contributed by atoms with Crippen LogP contribution in [0.15, 0.2) is 71.6 Å². The first-order valence-electron chi connectivity index (χ1n) is 16.8. The summed E-state index contributed by atoms with van der Waals surface area (Å²) in [5.41, 5.74) is 2.58. The molecule has 15 nitrogen and oxygen atoms in total. The number of piperidine rings is 1. The van der Waals surface area contributed by atoms with E-state index in [-0.39, 0.29) is 78.0 Å². The summed E-state index contributed by atoms with van der Waals surface area (Å²) in [4.78, 5) is 78.9. The predicted molar refractivity (Wildman–Crippen MR) is 193 cm³/mol. The van der Waals surface area contributed by atoms with E-state index in [0.717, 1.165) is 4.90 Å². The van der Waals surface area contributed by atoms with Crippen LogP contribution in [0, 0.1) is 0 Å². The van der Waals surface area contributed by atoms with Gasteiger partial charge < -0.3 is 20.3 Å². The Morgan fingerprint density at radius 3 is 2.47 bits per heavy atom. The zero-order chi connectivity index (χ0) is 37.6. The van der Waals surface area contributed by atoms with Gasteiger partial charge in [0.25, 0.3) is 27.7 Å². The Morgan fingerprint density at radius 1 is 0.906 bits per heavy atom. The third-order valence-corrected chi connectivity index (χ3v) is 10.9. The molecule has 0 bridgehead atoms. The normalized spacial score (nSPS) is 16.6. The first kappa shape index (κ1) is 35.1. The minimum Gasteiger partial charge on any atom is -0.495 e. The number of carbonyl (C=O) groups is 6. The molecule has 4 aromatic carbocycles. The number of rotatable bonds is 12. The van der Waals surface area contributed by atoms with Gasteiger partial charge in [-0.2, -0.15) is 0 Å². The first-order valence-corrected chi connectivity index (χ1v) is 18.3. The lowest BCUT2D eigenvalue weighted by atomic mass is 9.98. The van der Waals surface area contributed by atoms with Crippen LogP contribution in [-0.2, 0) is 30.8 Å². The highest BCUT2D eigenvalue weighted by Gasteiger charge is 2.45. The van der Waals surface area contributed by atoms with E-state index in [1.54, 1.807) is 61.6 Å². The lowest BCUT2D eigenvalue weighted by molar-refractivity contribution is -0.136. The zero-order valence-corrected chi connectivity index (χ0v) is 29.5. The van der Waals surface area contributed by atoms with Gasteiger partial charge in [-0.05, 0) is 66.9 Å². The molecule has 3 heterocycles. The van der Waals surface area contributed by atoms with Crippen molar-refractivity contribution < 1.29 is 41.9 Å². The second-order valence-electron chi connectivity index (χ2n) is 12.8. The molecular formula is C37H34N6O9S.